The maximum Gasteiger partial charge on any atom is 0.223 e. The van der Waals surface area contributed by atoms with E-state index in [2.05, 4.69) is 10.0 Å². The van der Waals surface area contributed by atoms with E-state index in [9.17, 15) is 13.2 Å². The first-order valence-electron chi connectivity index (χ1n) is 8.32. The van der Waals surface area contributed by atoms with E-state index >= 15 is 0 Å². The second-order valence-electron chi connectivity index (χ2n) is 6.71. The molecule has 2 bridgehead atoms. The Hall–Kier alpha value is -1.40. The summed E-state index contributed by atoms with van der Waals surface area (Å²) in [6, 6.07) is 9.07. The van der Waals surface area contributed by atoms with Crippen LogP contribution >= 0.6 is 0 Å². The maximum absolute atomic E-state index is 12.2. The second-order valence-corrected chi connectivity index (χ2v) is 8.52. The molecule has 3 unspecified atom stereocenters. The van der Waals surface area contributed by atoms with Crippen molar-refractivity contribution in [2.24, 2.45) is 17.8 Å². The van der Waals surface area contributed by atoms with E-state index in [1.165, 1.54) is 19.3 Å². The summed E-state index contributed by atoms with van der Waals surface area (Å²) >= 11 is 0. The van der Waals surface area contributed by atoms with Crippen LogP contribution in [0.5, 0.6) is 0 Å². The molecular formula is C17H24N2O3S. The fourth-order valence-corrected chi connectivity index (χ4v) is 5.08. The van der Waals surface area contributed by atoms with E-state index in [0.29, 0.717) is 12.5 Å². The maximum atomic E-state index is 12.2. The summed E-state index contributed by atoms with van der Waals surface area (Å²) in [5.74, 6) is 1.50. The molecule has 1 aromatic carbocycles. The van der Waals surface area contributed by atoms with Crippen molar-refractivity contribution < 1.29 is 13.2 Å². The summed E-state index contributed by atoms with van der Waals surface area (Å²) in [4.78, 5) is 12.2. The summed E-state index contributed by atoms with van der Waals surface area (Å²) in [5.41, 5.74) is 0.756. The quantitative estimate of drug-likeness (QED) is 0.744. The molecule has 2 aliphatic carbocycles. The lowest BCUT2D eigenvalue weighted by Crippen LogP contribution is -2.39. The van der Waals surface area contributed by atoms with E-state index in [1.807, 2.05) is 18.2 Å². The van der Waals surface area contributed by atoms with Crippen molar-refractivity contribution >= 4 is 15.9 Å². The predicted octanol–water partition coefficient (Wildman–Crippen LogP) is 1.66. The van der Waals surface area contributed by atoms with Gasteiger partial charge in [-0.25, -0.2) is 13.1 Å². The van der Waals surface area contributed by atoms with Gasteiger partial charge in [0.2, 0.25) is 15.9 Å². The highest BCUT2D eigenvalue weighted by Crippen LogP contribution is 2.48. The Morgan fingerprint density at radius 2 is 1.87 bits per heavy atom. The predicted molar refractivity (Wildman–Crippen MR) is 89.0 cm³/mol. The summed E-state index contributed by atoms with van der Waals surface area (Å²) < 4.78 is 26.5. The molecule has 2 aliphatic rings. The zero-order valence-corrected chi connectivity index (χ0v) is 14.0. The van der Waals surface area contributed by atoms with E-state index in [-0.39, 0.29) is 24.1 Å². The molecule has 0 aromatic heterocycles. The third kappa shape index (κ3) is 4.32. The van der Waals surface area contributed by atoms with Gasteiger partial charge >= 0.3 is 0 Å². The van der Waals surface area contributed by atoms with Crippen molar-refractivity contribution in [1.82, 2.24) is 10.0 Å². The lowest BCUT2D eigenvalue weighted by molar-refractivity contribution is -0.126. The standard InChI is InChI=1S/C17H24N2O3S/c20-17(16-11-14-6-7-15(16)10-14)18-8-9-19-23(21,22)12-13-4-2-1-3-5-13/h1-5,14-16,19H,6-12H2,(H,18,20). The fourth-order valence-electron chi connectivity index (χ4n) is 3.93. The zero-order chi connectivity index (χ0) is 16.3. The van der Waals surface area contributed by atoms with E-state index in [4.69, 9.17) is 0 Å². The number of benzene rings is 1. The lowest BCUT2D eigenvalue weighted by atomic mass is 9.88. The molecule has 2 N–H and O–H groups in total. The van der Waals surface area contributed by atoms with Crippen LogP contribution < -0.4 is 10.0 Å². The first-order valence-corrected chi connectivity index (χ1v) is 9.98. The number of hydrogen-bond acceptors (Lipinski definition) is 3. The third-order valence-electron chi connectivity index (χ3n) is 5.02. The van der Waals surface area contributed by atoms with Gasteiger partial charge in [0.1, 0.15) is 0 Å². The van der Waals surface area contributed by atoms with Gasteiger partial charge in [-0.15, -0.1) is 0 Å². The molecule has 23 heavy (non-hydrogen) atoms. The van der Waals surface area contributed by atoms with E-state index < -0.39 is 10.0 Å². The van der Waals surface area contributed by atoms with E-state index in [0.717, 1.165) is 17.9 Å². The highest BCUT2D eigenvalue weighted by Gasteiger charge is 2.42. The SMILES string of the molecule is O=C(NCCNS(=O)(=O)Cc1ccccc1)C1CC2CCC1C2. The third-order valence-corrected chi connectivity index (χ3v) is 6.38. The van der Waals surface area contributed by atoms with Crippen LogP contribution in [0.3, 0.4) is 0 Å². The normalized spacial score (nSPS) is 26.3. The van der Waals surface area contributed by atoms with Gasteiger partial charge in [-0.2, -0.15) is 0 Å². The van der Waals surface area contributed by atoms with Gasteiger partial charge in [0.15, 0.2) is 0 Å². The van der Waals surface area contributed by atoms with Crippen LogP contribution in [-0.2, 0) is 20.6 Å². The van der Waals surface area contributed by atoms with Gasteiger partial charge < -0.3 is 5.32 Å². The van der Waals surface area contributed by atoms with Gasteiger partial charge in [-0.1, -0.05) is 36.8 Å². The number of carbonyl (C=O) groups is 1. The Balaban J connectivity index is 1.38. The molecular weight excluding hydrogens is 312 g/mol. The topological polar surface area (TPSA) is 75.3 Å². The highest BCUT2D eigenvalue weighted by atomic mass is 32.2. The minimum atomic E-state index is -3.36. The average Bonchev–Trinajstić information content (AvgIpc) is 3.15. The van der Waals surface area contributed by atoms with Crippen LogP contribution in [0.4, 0.5) is 0 Å². The summed E-state index contributed by atoms with van der Waals surface area (Å²) in [6.45, 7) is 0.586. The van der Waals surface area contributed by atoms with Crippen molar-refractivity contribution in [2.45, 2.75) is 31.4 Å². The zero-order valence-electron chi connectivity index (χ0n) is 13.2. The molecule has 2 fully saturated rings. The van der Waals surface area contributed by atoms with Crippen molar-refractivity contribution in [3.05, 3.63) is 35.9 Å². The van der Waals surface area contributed by atoms with E-state index in [1.54, 1.807) is 12.1 Å². The molecule has 0 radical (unpaired) electrons. The molecule has 0 saturated heterocycles. The summed E-state index contributed by atoms with van der Waals surface area (Å²) in [5, 5.41) is 2.88. The van der Waals surface area contributed by atoms with Gasteiger partial charge in [-0.05, 0) is 36.7 Å². The van der Waals surface area contributed by atoms with Crippen LogP contribution in [0.1, 0.15) is 31.2 Å². The van der Waals surface area contributed by atoms with Crippen molar-refractivity contribution in [3.63, 3.8) is 0 Å². The first kappa shape index (κ1) is 16.5. The van der Waals surface area contributed by atoms with Crippen LogP contribution in [0, 0.1) is 17.8 Å². The Morgan fingerprint density at radius 1 is 1.09 bits per heavy atom. The average molecular weight is 336 g/mol. The van der Waals surface area contributed by atoms with Crippen LogP contribution in [0.15, 0.2) is 30.3 Å². The van der Waals surface area contributed by atoms with Crippen molar-refractivity contribution in [3.8, 4) is 0 Å². The fraction of sp³-hybridized carbons (Fsp3) is 0.588. The Morgan fingerprint density at radius 3 is 2.52 bits per heavy atom. The molecule has 5 nitrogen and oxygen atoms in total. The molecule has 0 spiro atoms. The van der Waals surface area contributed by atoms with Gasteiger partial charge in [0.05, 0.1) is 5.75 Å². The number of fused-ring (bicyclic) bond motifs is 2. The van der Waals surface area contributed by atoms with Crippen LogP contribution in [0.25, 0.3) is 0 Å². The van der Waals surface area contributed by atoms with Gasteiger partial charge in [0, 0.05) is 19.0 Å². The molecule has 1 aromatic rings. The summed E-state index contributed by atoms with van der Waals surface area (Å²) in [6.07, 6.45) is 4.65. The number of nitrogens with one attached hydrogen (secondary N) is 2. The number of rotatable bonds is 7. The number of sulfonamides is 1. The number of hydrogen-bond donors (Lipinski definition) is 2. The Kier molecular flexibility index (Phi) is 5.02. The number of amides is 1. The molecule has 1 amide bonds. The van der Waals surface area contributed by atoms with Gasteiger partial charge in [0.25, 0.3) is 0 Å². The lowest BCUT2D eigenvalue weighted by Gasteiger charge is -2.20. The molecule has 0 heterocycles. The first-order chi connectivity index (χ1) is 11.0. The van der Waals surface area contributed by atoms with Crippen molar-refractivity contribution in [1.29, 1.82) is 0 Å². The number of carbonyl (C=O) groups excluding carboxylic acids is 1. The highest BCUT2D eigenvalue weighted by molar-refractivity contribution is 7.88. The molecule has 6 heteroatoms. The second kappa shape index (κ2) is 7.01. The largest absolute Gasteiger partial charge is 0.355 e. The smallest absolute Gasteiger partial charge is 0.223 e. The van der Waals surface area contributed by atoms with Crippen LogP contribution in [0.2, 0.25) is 0 Å². The minimum absolute atomic E-state index is 0.0336. The summed E-state index contributed by atoms with van der Waals surface area (Å²) in [7, 11) is -3.36. The molecule has 126 valence electrons. The van der Waals surface area contributed by atoms with Crippen LogP contribution in [-0.4, -0.2) is 27.4 Å². The minimum Gasteiger partial charge on any atom is -0.355 e. The molecule has 3 rings (SSSR count). The molecule has 0 aliphatic heterocycles. The van der Waals surface area contributed by atoms with Crippen molar-refractivity contribution in [2.75, 3.05) is 13.1 Å². The molecule has 2 saturated carbocycles. The Bertz CT molecular complexity index is 645. The molecule has 3 atom stereocenters. The van der Waals surface area contributed by atoms with Gasteiger partial charge in [-0.3, -0.25) is 4.79 Å². The monoisotopic (exact) mass is 336 g/mol. The Labute approximate surface area is 137 Å².